The zero-order valence-corrected chi connectivity index (χ0v) is 10.7. The van der Waals surface area contributed by atoms with E-state index in [1.165, 1.54) is 0 Å². The Morgan fingerprint density at radius 1 is 1.36 bits per heavy atom. The van der Waals surface area contributed by atoms with Gasteiger partial charge in [0, 0.05) is 15.3 Å². The van der Waals surface area contributed by atoms with Crippen molar-refractivity contribution in [1.82, 2.24) is 0 Å². The van der Waals surface area contributed by atoms with Crippen LogP contribution in [0.1, 0.15) is 13.8 Å². The van der Waals surface area contributed by atoms with E-state index in [1.54, 1.807) is 11.8 Å². The fourth-order valence-electron chi connectivity index (χ4n) is 0.852. The molecule has 0 aliphatic carbocycles. The van der Waals surface area contributed by atoms with E-state index in [2.05, 4.69) is 15.9 Å². The van der Waals surface area contributed by atoms with Gasteiger partial charge in [-0.15, -0.1) is 11.8 Å². The van der Waals surface area contributed by atoms with Gasteiger partial charge in [-0.25, -0.2) is 0 Å². The minimum Gasteiger partial charge on any atom is -0.298 e. The second kappa shape index (κ2) is 5.56. The lowest BCUT2D eigenvalue weighted by Crippen LogP contribution is -2.09. The summed E-state index contributed by atoms with van der Waals surface area (Å²) in [5.41, 5.74) is 0. The van der Waals surface area contributed by atoms with Crippen molar-refractivity contribution < 1.29 is 4.79 Å². The molecule has 0 spiro atoms. The van der Waals surface area contributed by atoms with Crippen LogP contribution in [-0.2, 0) is 4.79 Å². The highest BCUT2D eigenvalue weighted by molar-refractivity contribution is 9.10. The second-order valence-electron chi connectivity index (χ2n) is 3.36. The molecule has 0 saturated heterocycles. The third kappa shape index (κ3) is 3.84. The second-order valence-corrected chi connectivity index (χ2v) is 5.33. The molecule has 76 valence electrons. The van der Waals surface area contributed by atoms with E-state index in [-0.39, 0.29) is 5.92 Å². The highest BCUT2D eigenvalue weighted by Gasteiger charge is 2.07. The van der Waals surface area contributed by atoms with Crippen LogP contribution in [0.5, 0.6) is 0 Å². The Labute approximate surface area is 97.4 Å². The summed E-state index contributed by atoms with van der Waals surface area (Å²) in [6.07, 6.45) is 0. The van der Waals surface area contributed by atoms with E-state index in [9.17, 15) is 4.79 Å². The molecule has 0 aromatic heterocycles. The third-order valence-electron chi connectivity index (χ3n) is 1.84. The fraction of sp³-hybridized carbons (Fsp3) is 0.364. The Hall–Kier alpha value is -0.280. The number of carbonyl (C=O) groups excluding carboxylic acids is 1. The van der Waals surface area contributed by atoms with Crippen molar-refractivity contribution in [3.05, 3.63) is 28.7 Å². The normalized spacial score (nSPS) is 10.6. The number of hydrogen-bond acceptors (Lipinski definition) is 2. The molecule has 1 nitrogen and oxygen atoms in total. The van der Waals surface area contributed by atoms with E-state index in [1.807, 2.05) is 38.1 Å². The zero-order valence-electron chi connectivity index (χ0n) is 8.29. The highest BCUT2D eigenvalue weighted by atomic mass is 79.9. The molecule has 1 aromatic carbocycles. The van der Waals surface area contributed by atoms with E-state index in [0.29, 0.717) is 11.5 Å². The Kier molecular flexibility index (Phi) is 4.69. The van der Waals surface area contributed by atoms with Gasteiger partial charge in [-0.3, -0.25) is 4.79 Å². The predicted octanol–water partition coefficient (Wildman–Crippen LogP) is 3.77. The fourth-order valence-corrected chi connectivity index (χ4v) is 2.09. The molecule has 0 fully saturated rings. The number of Topliss-reactive ketones (excluding diaryl/α,β-unsaturated/α-hetero) is 1. The number of hydrogen-bond donors (Lipinski definition) is 0. The number of rotatable bonds is 4. The van der Waals surface area contributed by atoms with Gasteiger partial charge >= 0.3 is 0 Å². The van der Waals surface area contributed by atoms with E-state index >= 15 is 0 Å². The van der Waals surface area contributed by atoms with Crippen LogP contribution in [0.2, 0.25) is 0 Å². The summed E-state index contributed by atoms with van der Waals surface area (Å²) in [7, 11) is 0. The molecule has 14 heavy (non-hydrogen) atoms. The summed E-state index contributed by atoms with van der Waals surface area (Å²) in [5.74, 6) is 1.01. The van der Waals surface area contributed by atoms with Crippen molar-refractivity contribution in [1.29, 1.82) is 0 Å². The van der Waals surface area contributed by atoms with Gasteiger partial charge in [0.1, 0.15) is 5.78 Å². The van der Waals surface area contributed by atoms with E-state index in [4.69, 9.17) is 0 Å². The number of thioether (sulfide) groups is 1. The van der Waals surface area contributed by atoms with Crippen LogP contribution in [0.15, 0.2) is 33.6 Å². The molecule has 0 bridgehead atoms. The van der Waals surface area contributed by atoms with E-state index < -0.39 is 0 Å². The Balaban J connectivity index is 2.46. The van der Waals surface area contributed by atoms with Gasteiger partial charge in [-0.2, -0.15) is 0 Å². The van der Waals surface area contributed by atoms with Crippen molar-refractivity contribution >= 4 is 33.5 Å². The molecule has 0 unspecified atom stereocenters. The minimum absolute atomic E-state index is 0.137. The van der Waals surface area contributed by atoms with Gasteiger partial charge in [0.25, 0.3) is 0 Å². The average molecular weight is 273 g/mol. The average Bonchev–Trinajstić information content (AvgIpc) is 2.16. The van der Waals surface area contributed by atoms with Crippen molar-refractivity contribution in [2.75, 3.05) is 5.75 Å². The number of halogens is 1. The number of ketones is 1. The van der Waals surface area contributed by atoms with Crippen LogP contribution in [0.4, 0.5) is 0 Å². The Bertz CT molecular complexity index is 306. The molecule has 0 atom stereocenters. The lowest BCUT2D eigenvalue weighted by Gasteiger charge is -2.03. The van der Waals surface area contributed by atoms with Crippen LogP contribution in [0, 0.1) is 5.92 Å². The monoisotopic (exact) mass is 272 g/mol. The maximum atomic E-state index is 11.4. The van der Waals surface area contributed by atoms with Crippen LogP contribution >= 0.6 is 27.7 Å². The van der Waals surface area contributed by atoms with Crippen molar-refractivity contribution in [3.8, 4) is 0 Å². The molecule has 0 radical (unpaired) electrons. The molecule has 0 aliphatic rings. The first-order valence-corrected chi connectivity index (χ1v) is 6.28. The molecule has 1 aromatic rings. The molecule has 1 rings (SSSR count). The van der Waals surface area contributed by atoms with Gasteiger partial charge in [-0.1, -0.05) is 29.8 Å². The summed E-state index contributed by atoms with van der Waals surface area (Å²) >= 11 is 4.97. The zero-order chi connectivity index (χ0) is 10.6. The highest BCUT2D eigenvalue weighted by Crippen LogP contribution is 2.21. The van der Waals surface area contributed by atoms with Gasteiger partial charge in [0.15, 0.2) is 0 Å². The summed E-state index contributed by atoms with van der Waals surface area (Å²) in [6, 6.07) is 8.01. The lowest BCUT2D eigenvalue weighted by atomic mass is 10.1. The molecule has 3 heteroatoms. The molecule has 0 saturated carbocycles. The van der Waals surface area contributed by atoms with Crippen LogP contribution in [0.25, 0.3) is 0 Å². The maximum Gasteiger partial charge on any atom is 0.145 e. The predicted molar refractivity (Wildman–Crippen MR) is 64.7 cm³/mol. The lowest BCUT2D eigenvalue weighted by molar-refractivity contribution is -0.119. The first-order valence-electron chi connectivity index (χ1n) is 4.50. The summed E-state index contributed by atoms with van der Waals surface area (Å²) < 4.78 is 1.07. The minimum atomic E-state index is 0.137. The Morgan fingerprint density at radius 2 is 1.93 bits per heavy atom. The van der Waals surface area contributed by atoms with Crippen LogP contribution < -0.4 is 0 Å². The van der Waals surface area contributed by atoms with Crippen molar-refractivity contribution in [3.63, 3.8) is 0 Å². The van der Waals surface area contributed by atoms with Gasteiger partial charge < -0.3 is 0 Å². The maximum absolute atomic E-state index is 11.4. The molecular formula is C11H13BrOS. The molecular weight excluding hydrogens is 260 g/mol. The van der Waals surface area contributed by atoms with Crippen LogP contribution in [0.3, 0.4) is 0 Å². The Morgan fingerprint density at radius 3 is 2.43 bits per heavy atom. The molecule has 0 amide bonds. The van der Waals surface area contributed by atoms with Crippen molar-refractivity contribution in [2.45, 2.75) is 18.7 Å². The summed E-state index contributed by atoms with van der Waals surface area (Å²) in [4.78, 5) is 12.5. The standard InChI is InChI=1S/C11H13BrOS/c1-8(2)11(13)7-14-10-5-3-9(12)4-6-10/h3-6,8H,7H2,1-2H3. The van der Waals surface area contributed by atoms with Crippen LogP contribution in [-0.4, -0.2) is 11.5 Å². The summed E-state index contributed by atoms with van der Waals surface area (Å²) in [6.45, 7) is 3.87. The molecule has 0 N–H and O–H groups in total. The first kappa shape index (κ1) is 11.8. The smallest absolute Gasteiger partial charge is 0.145 e. The topological polar surface area (TPSA) is 17.1 Å². The number of benzene rings is 1. The number of carbonyl (C=O) groups is 1. The molecule has 0 heterocycles. The largest absolute Gasteiger partial charge is 0.298 e. The SMILES string of the molecule is CC(C)C(=O)CSc1ccc(Br)cc1. The van der Waals surface area contributed by atoms with Gasteiger partial charge in [-0.05, 0) is 24.3 Å². The molecule has 0 aliphatic heterocycles. The van der Waals surface area contributed by atoms with Gasteiger partial charge in [0.05, 0.1) is 5.75 Å². The van der Waals surface area contributed by atoms with Gasteiger partial charge in [0.2, 0.25) is 0 Å². The third-order valence-corrected chi connectivity index (χ3v) is 3.40. The summed E-state index contributed by atoms with van der Waals surface area (Å²) in [5, 5.41) is 0. The van der Waals surface area contributed by atoms with E-state index in [0.717, 1.165) is 9.37 Å². The quantitative estimate of drug-likeness (QED) is 0.777. The first-order chi connectivity index (χ1) is 6.59. The van der Waals surface area contributed by atoms with Crippen molar-refractivity contribution in [2.24, 2.45) is 5.92 Å².